The molecule has 26 heavy (non-hydrogen) atoms. The quantitative estimate of drug-likeness (QED) is 0.809. The molecule has 1 aromatic carbocycles. The van der Waals surface area contributed by atoms with E-state index >= 15 is 0 Å². The predicted octanol–water partition coefficient (Wildman–Crippen LogP) is 2.71. The van der Waals surface area contributed by atoms with Crippen LogP contribution in [0.25, 0.3) is 0 Å². The van der Waals surface area contributed by atoms with E-state index in [1.54, 1.807) is 11.3 Å². The maximum atomic E-state index is 13.1. The normalized spacial score (nSPS) is 16.9. The van der Waals surface area contributed by atoms with Crippen LogP contribution in [0.15, 0.2) is 29.6 Å². The smallest absolute Gasteiger partial charge is 0.244 e. The number of hydrogen-bond donors (Lipinski definition) is 0. The summed E-state index contributed by atoms with van der Waals surface area (Å²) in [4.78, 5) is 24.1. The summed E-state index contributed by atoms with van der Waals surface area (Å²) in [5.41, 5.74) is 3.41. The predicted molar refractivity (Wildman–Crippen MR) is 106 cm³/mol. The Morgan fingerprint density at radius 2 is 1.81 bits per heavy atom. The molecule has 2 aromatic rings. The van der Waals surface area contributed by atoms with Gasteiger partial charge in [-0.2, -0.15) is 0 Å². The Morgan fingerprint density at radius 1 is 1.15 bits per heavy atom. The van der Waals surface area contributed by atoms with Crippen LogP contribution >= 0.6 is 11.3 Å². The van der Waals surface area contributed by atoms with E-state index in [9.17, 15) is 4.79 Å². The summed E-state index contributed by atoms with van der Waals surface area (Å²) < 4.78 is 0. The second kappa shape index (κ2) is 8.29. The summed E-state index contributed by atoms with van der Waals surface area (Å²) in [6.45, 7) is 8.33. The van der Waals surface area contributed by atoms with Gasteiger partial charge < -0.3 is 4.90 Å². The Hall–Kier alpha value is -1.76. The SMILES string of the molecule is Cc1ccc([C@@H](C(=O)N2CCN(Cc3csc(C)n3)CC2)N(C)C)cc1. The topological polar surface area (TPSA) is 39.7 Å². The van der Waals surface area contributed by atoms with Crippen molar-refractivity contribution in [3.05, 3.63) is 51.5 Å². The fourth-order valence-corrected chi connectivity index (χ4v) is 4.02. The lowest BCUT2D eigenvalue weighted by molar-refractivity contribution is -0.138. The highest BCUT2D eigenvalue weighted by Gasteiger charge is 2.30. The van der Waals surface area contributed by atoms with E-state index in [0.29, 0.717) is 0 Å². The number of aromatic nitrogens is 1. The molecule has 1 saturated heterocycles. The third kappa shape index (κ3) is 4.50. The zero-order valence-electron chi connectivity index (χ0n) is 16.1. The average Bonchev–Trinajstić information content (AvgIpc) is 3.02. The number of likely N-dealkylation sites (N-methyl/N-ethyl adjacent to an activating group) is 1. The summed E-state index contributed by atoms with van der Waals surface area (Å²) in [5.74, 6) is 0.197. The van der Waals surface area contributed by atoms with Gasteiger partial charge in [-0.05, 0) is 33.5 Å². The van der Waals surface area contributed by atoms with Crippen molar-refractivity contribution in [2.24, 2.45) is 0 Å². The standard InChI is InChI=1S/C20H28N4OS/c1-15-5-7-17(8-6-15)19(22(3)4)20(25)24-11-9-23(10-12-24)13-18-14-26-16(2)21-18/h5-8,14,19H,9-13H2,1-4H3/t19-/m0/s1. The van der Waals surface area contributed by atoms with Crippen LogP contribution in [0.4, 0.5) is 0 Å². The third-order valence-corrected chi connectivity index (χ3v) is 5.70. The Bertz CT molecular complexity index is 733. The van der Waals surface area contributed by atoms with Gasteiger partial charge in [0.1, 0.15) is 6.04 Å². The van der Waals surface area contributed by atoms with E-state index < -0.39 is 0 Å². The van der Waals surface area contributed by atoms with Crippen molar-refractivity contribution in [3.8, 4) is 0 Å². The first kappa shape index (κ1) is 19.0. The van der Waals surface area contributed by atoms with Gasteiger partial charge in [0.2, 0.25) is 5.91 Å². The molecule has 1 atom stereocenters. The minimum atomic E-state index is -0.219. The van der Waals surface area contributed by atoms with Crippen molar-refractivity contribution in [3.63, 3.8) is 0 Å². The molecule has 0 N–H and O–H groups in total. The number of piperazine rings is 1. The fourth-order valence-electron chi connectivity index (χ4n) is 3.42. The van der Waals surface area contributed by atoms with Gasteiger partial charge in [-0.1, -0.05) is 29.8 Å². The molecule has 3 rings (SSSR count). The molecular weight excluding hydrogens is 344 g/mol. The van der Waals surface area contributed by atoms with E-state index in [0.717, 1.165) is 49.0 Å². The lowest BCUT2D eigenvalue weighted by atomic mass is 10.0. The molecule has 1 aliphatic heterocycles. The van der Waals surface area contributed by atoms with Gasteiger partial charge in [0.05, 0.1) is 10.7 Å². The molecule has 1 fully saturated rings. The van der Waals surface area contributed by atoms with Gasteiger partial charge in [0, 0.05) is 38.1 Å². The molecule has 0 bridgehead atoms. The van der Waals surface area contributed by atoms with Crippen molar-refractivity contribution in [1.82, 2.24) is 19.7 Å². The number of amides is 1. The maximum absolute atomic E-state index is 13.1. The van der Waals surface area contributed by atoms with Crippen molar-refractivity contribution >= 4 is 17.2 Å². The number of carbonyl (C=O) groups is 1. The highest BCUT2D eigenvalue weighted by Crippen LogP contribution is 2.22. The molecule has 0 spiro atoms. The fraction of sp³-hybridized carbons (Fsp3) is 0.500. The van der Waals surface area contributed by atoms with Crippen LogP contribution in [0.3, 0.4) is 0 Å². The van der Waals surface area contributed by atoms with E-state index in [1.165, 1.54) is 5.56 Å². The Balaban J connectivity index is 1.61. The molecule has 5 nitrogen and oxygen atoms in total. The van der Waals surface area contributed by atoms with E-state index in [2.05, 4.69) is 46.5 Å². The number of hydrogen-bond acceptors (Lipinski definition) is 5. The van der Waals surface area contributed by atoms with Crippen LogP contribution in [-0.2, 0) is 11.3 Å². The number of thiazole rings is 1. The second-order valence-corrected chi connectivity index (χ2v) is 8.30. The zero-order chi connectivity index (χ0) is 18.7. The lowest BCUT2D eigenvalue weighted by Gasteiger charge is -2.37. The van der Waals surface area contributed by atoms with Crippen LogP contribution in [0.5, 0.6) is 0 Å². The molecular formula is C20H28N4OS. The number of rotatable bonds is 5. The number of nitrogens with zero attached hydrogens (tertiary/aromatic N) is 4. The molecule has 1 amide bonds. The summed E-state index contributed by atoms with van der Waals surface area (Å²) >= 11 is 1.70. The zero-order valence-corrected chi connectivity index (χ0v) is 16.9. The molecule has 2 heterocycles. The molecule has 0 unspecified atom stereocenters. The van der Waals surface area contributed by atoms with Crippen LogP contribution in [0.1, 0.15) is 27.9 Å². The summed E-state index contributed by atoms with van der Waals surface area (Å²) in [5, 5.41) is 3.24. The molecule has 0 radical (unpaired) electrons. The molecule has 0 aliphatic carbocycles. The van der Waals surface area contributed by atoms with Crippen LogP contribution in [0, 0.1) is 13.8 Å². The van der Waals surface area contributed by atoms with Crippen LogP contribution in [0.2, 0.25) is 0 Å². The first-order valence-electron chi connectivity index (χ1n) is 9.09. The van der Waals surface area contributed by atoms with E-state index in [-0.39, 0.29) is 11.9 Å². The lowest BCUT2D eigenvalue weighted by Crippen LogP contribution is -2.51. The first-order chi connectivity index (χ1) is 12.4. The van der Waals surface area contributed by atoms with Crippen molar-refractivity contribution in [2.45, 2.75) is 26.4 Å². The van der Waals surface area contributed by atoms with E-state index in [4.69, 9.17) is 0 Å². The first-order valence-corrected chi connectivity index (χ1v) is 9.97. The van der Waals surface area contributed by atoms with E-state index in [1.807, 2.05) is 30.8 Å². The largest absolute Gasteiger partial charge is 0.338 e. The number of aryl methyl sites for hydroxylation is 2. The summed E-state index contributed by atoms with van der Waals surface area (Å²) in [6.07, 6.45) is 0. The molecule has 1 aliphatic rings. The summed E-state index contributed by atoms with van der Waals surface area (Å²) in [6, 6.07) is 8.07. The summed E-state index contributed by atoms with van der Waals surface area (Å²) in [7, 11) is 3.95. The minimum absolute atomic E-state index is 0.197. The van der Waals surface area contributed by atoms with Crippen LogP contribution in [-0.4, -0.2) is 65.9 Å². The average molecular weight is 373 g/mol. The Morgan fingerprint density at radius 3 is 2.35 bits per heavy atom. The van der Waals surface area contributed by atoms with Crippen molar-refractivity contribution in [1.29, 1.82) is 0 Å². The third-order valence-electron chi connectivity index (χ3n) is 4.88. The van der Waals surface area contributed by atoms with Gasteiger partial charge in [-0.3, -0.25) is 14.6 Å². The van der Waals surface area contributed by atoms with Gasteiger partial charge in [0.25, 0.3) is 0 Å². The molecule has 140 valence electrons. The molecule has 6 heteroatoms. The number of benzene rings is 1. The van der Waals surface area contributed by atoms with Gasteiger partial charge >= 0.3 is 0 Å². The van der Waals surface area contributed by atoms with Crippen molar-refractivity contribution in [2.75, 3.05) is 40.3 Å². The van der Waals surface area contributed by atoms with Crippen LogP contribution < -0.4 is 0 Å². The molecule has 1 aromatic heterocycles. The minimum Gasteiger partial charge on any atom is -0.338 e. The van der Waals surface area contributed by atoms with Gasteiger partial charge in [0.15, 0.2) is 0 Å². The Kier molecular flexibility index (Phi) is 6.06. The van der Waals surface area contributed by atoms with Gasteiger partial charge in [-0.15, -0.1) is 11.3 Å². The molecule has 0 saturated carbocycles. The number of carbonyl (C=O) groups excluding carboxylic acids is 1. The second-order valence-electron chi connectivity index (χ2n) is 7.24. The monoisotopic (exact) mass is 372 g/mol. The van der Waals surface area contributed by atoms with Gasteiger partial charge in [-0.25, -0.2) is 4.98 Å². The van der Waals surface area contributed by atoms with Crippen molar-refractivity contribution < 1.29 is 4.79 Å². The highest BCUT2D eigenvalue weighted by molar-refractivity contribution is 7.09. The highest BCUT2D eigenvalue weighted by atomic mass is 32.1. The maximum Gasteiger partial charge on any atom is 0.244 e. The Labute approximate surface area is 160 Å².